The molecule has 0 spiro atoms. The summed E-state index contributed by atoms with van der Waals surface area (Å²) in [6.07, 6.45) is 1.36. The molecule has 1 atom stereocenters. The quantitative estimate of drug-likeness (QED) is 0.750. The minimum Gasteiger partial charge on any atom is -0.478 e. The first-order chi connectivity index (χ1) is 9.79. The van der Waals surface area contributed by atoms with Gasteiger partial charge in [0.15, 0.2) is 5.84 Å². The summed E-state index contributed by atoms with van der Waals surface area (Å²) in [4.78, 5) is 31.8. The summed E-state index contributed by atoms with van der Waals surface area (Å²) in [5.74, 6) is -1.36. The number of aliphatic hydroxyl groups is 1. The Morgan fingerprint density at radius 2 is 2.14 bits per heavy atom. The molecule has 0 fully saturated rings. The van der Waals surface area contributed by atoms with E-state index in [2.05, 4.69) is 15.3 Å². The van der Waals surface area contributed by atoms with E-state index in [0.29, 0.717) is 5.56 Å². The molecule has 7 nitrogen and oxygen atoms in total. The van der Waals surface area contributed by atoms with E-state index in [1.807, 2.05) is 13.8 Å². The third kappa shape index (κ3) is 2.52. The number of amides is 1. The van der Waals surface area contributed by atoms with Gasteiger partial charge in [0.2, 0.25) is 0 Å². The van der Waals surface area contributed by atoms with Crippen molar-refractivity contribution in [3.8, 4) is 0 Å². The molecule has 3 N–H and O–H groups in total. The Labute approximate surface area is 121 Å². The van der Waals surface area contributed by atoms with Gasteiger partial charge in [-0.1, -0.05) is 13.8 Å². The SMILES string of the molecule is CC(C)C1(C)N=C(c2ncc(CO)cc2C(=O)O)NC1=O. The lowest BCUT2D eigenvalue weighted by molar-refractivity contribution is -0.124. The molecule has 21 heavy (non-hydrogen) atoms. The van der Waals surface area contributed by atoms with Crippen molar-refractivity contribution >= 4 is 17.7 Å². The Kier molecular flexibility index (Phi) is 3.78. The van der Waals surface area contributed by atoms with Crippen LogP contribution in [0.25, 0.3) is 0 Å². The number of carbonyl (C=O) groups is 2. The highest BCUT2D eigenvalue weighted by Gasteiger charge is 2.43. The third-order valence-electron chi connectivity index (χ3n) is 3.74. The van der Waals surface area contributed by atoms with E-state index in [9.17, 15) is 14.7 Å². The maximum absolute atomic E-state index is 12.1. The van der Waals surface area contributed by atoms with Crippen LogP contribution in [0.4, 0.5) is 0 Å². The molecule has 7 heteroatoms. The molecule has 1 aliphatic heterocycles. The highest BCUT2D eigenvalue weighted by Crippen LogP contribution is 2.27. The molecule has 0 saturated heterocycles. The number of carbonyl (C=O) groups excluding carboxylic acids is 1. The van der Waals surface area contributed by atoms with Gasteiger partial charge in [0.05, 0.1) is 12.2 Å². The number of aliphatic hydroxyl groups excluding tert-OH is 1. The number of carboxylic acids is 1. The van der Waals surface area contributed by atoms with Crippen LogP contribution in [0.1, 0.15) is 42.4 Å². The fourth-order valence-corrected chi connectivity index (χ4v) is 1.99. The van der Waals surface area contributed by atoms with Gasteiger partial charge in [-0.05, 0) is 24.5 Å². The lowest BCUT2D eigenvalue weighted by Crippen LogP contribution is -2.41. The summed E-state index contributed by atoms with van der Waals surface area (Å²) in [6.45, 7) is 5.12. The number of pyridine rings is 1. The van der Waals surface area contributed by atoms with E-state index in [0.717, 1.165) is 0 Å². The number of nitrogens with one attached hydrogen (secondary N) is 1. The Morgan fingerprint density at radius 1 is 1.48 bits per heavy atom. The number of amidine groups is 1. The molecule has 2 heterocycles. The highest BCUT2D eigenvalue weighted by atomic mass is 16.4. The van der Waals surface area contributed by atoms with E-state index < -0.39 is 11.5 Å². The minimum absolute atomic E-state index is 0.0417. The Hall–Kier alpha value is -2.28. The maximum Gasteiger partial charge on any atom is 0.338 e. The molecule has 112 valence electrons. The molecule has 1 aromatic heterocycles. The normalized spacial score (nSPS) is 21.4. The van der Waals surface area contributed by atoms with Crippen molar-refractivity contribution in [1.82, 2.24) is 10.3 Å². The summed E-state index contributed by atoms with van der Waals surface area (Å²) >= 11 is 0. The van der Waals surface area contributed by atoms with Crippen LogP contribution in [-0.4, -0.2) is 38.4 Å². The first-order valence-electron chi connectivity index (χ1n) is 6.54. The monoisotopic (exact) mass is 291 g/mol. The molecular weight excluding hydrogens is 274 g/mol. The zero-order valence-corrected chi connectivity index (χ0v) is 12.0. The van der Waals surface area contributed by atoms with E-state index in [4.69, 9.17) is 5.11 Å². The number of aromatic carboxylic acids is 1. The van der Waals surface area contributed by atoms with Crippen molar-refractivity contribution in [3.05, 3.63) is 29.1 Å². The van der Waals surface area contributed by atoms with Crippen LogP contribution in [-0.2, 0) is 11.4 Å². The number of aromatic nitrogens is 1. The predicted molar refractivity (Wildman–Crippen MR) is 75.0 cm³/mol. The maximum atomic E-state index is 12.1. The number of hydrogen-bond donors (Lipinski definition) is 3. The second-order valence-electron chi connectivity index (χ2n) is 5.42. The van der Waals surface area contributed by atoms with Crippen molar-refractivity contribution in [3.63, 3.8) is 0 Å². The molecule has 0 aromatic carbocycles. The standard InChI is InChI=1S/C14H17N3O4/c1-7(2)14(3)13(21)16-11(17-14)10-9(12(19)20)4-8(6-18)5-15-10/h4-5,7,18H,6H2,1-3H3,(H,19,20)(H,16,17,21). The fraction of sp³-hybridized carbons (Fsp3) is 0.429. The summed E-state index contributed by atoms with van der Waals surface area (Å²) in [7, 11) is 0. The van der Waals surface area contributed by atoms with Gasteiger partial charge in [-0.2, -0.15) is 0 Å². The third-order valence-corrected chi connectivity index (χ3v) is 3.74. The summed E-state index contributed by atoms with van der Waals surface area (Å²) in [6, 6.07) is 1.32. The van der Waals surface area contributed by atoms with Gasteiger partial charge in [0.25, 0.3) is 5.91 Å². The van der Waals surface area contributed by atoms with Gasteiger partial charge in [0, 0.05) is 6.20 Å². The van der Waals surface area contributed by atoms with Gasteiger partial charge in [-0.15, -0.1) is 0 Å². The molecule has 0 bridgehead atoms. The second kappa shape index (κ2) is 5.25. The van der Waals surface area contributed by atoms with Crippen LogP contribution in [0.5, 0.6) is 0 Å². The van der Waals surface area contributed by atoms with Gasteiger partial charge >= 0.3 is 5.97 Å². The summed E-state index contributed by atoms with van der Waals surface area (Å²) in [5.41, 5.74) is -0.568. The molecule has 0 aliphatic carbocycles. The highest BCUT2D eigenvalue weighted by molar-refractivity contribution is 6.17. The molecule has 2 rings (SSSR count). The number of carboxylic acid groups (broad SMARTS) is 1. The van der Waals surface area contributed by atoms with E-state index in [1.165, 1.54) is 12.3 Å². The predicted octanol–water partition coefficient (Wildman–Crippen LogP) is 0.563. The van der Waals surface area contributed by atoms with E-state index in [-0.39, 0.29) is 35.5 Å². The summed E-state index contributed by atoms with van der Waals surface area (Å²) < 4.78 is 0. The average molecular weight is 291 g/mol. The zero-order chi connectivity index (χ0) is 15.8. The average Bonchev–Trinajstić information content (AvgIpc) is 2.75. The Bertz CT molecular complexity index is 639. The number of nitrogens with zero attached hydrogens (tertiary/aromatic N) is 2. The number of hydrogen-bond acceptors (Lipinski definition) is 5. The van der Waals surface area contributed by atoms with Crippen LogP contribution in [0, 0.1) is 5.92 Å². The van der Waals surface area contributed by atoms with Crippen molar-refractivity contribution < 1.29 is 19.8 Å². The molecule has 1 amide bonds. The molecule has 0 radical (unpaired) electrons. The summed E-state index contributed by atoms with van der Waals surface area (Å²) in [5, 5.41) is 20.9. The van der Waals surface area contributed by atoms with E-state index >= 15 is 0 Å². The van der Waals surface area contributed by atoms with Crippen molar-refractivity contribution in [2.24, 2.45) is 10.9 Å². The van der Waals surface area contributed by atoms with Crippen molar-refractivity contribution in [2.45, 2.75) is 32.9 Å². The lowest BCUT2D eigenvalue weighted by Gasteiger charge is -2.21. The van der Waals surface area contributed by atoms with Crippen LogP contribution in [0.2, 0.25) is 0 Å². The number of rotatable bonds is 4. The molecular formula is C14H17N3O4. The first-order valence-corrected chi connectivity index (χ1v) is 6.54. The van der Waals surface area contributed by atoms with Crippen LogP contribution in [0.3, 0.4) is 0 Å². The van der Waals surface area contributed by atoms with Crippen LogP contribution in [0.15, 0.2) is 17.3 Å². The Balaban J connectivity index is 2.53. The number of aliphatic imine (C=N–C) groups is 1. The fourth-order valence-electron chi connectivity index (χ4n) is 1.99. The molecule has 0 saturated carbocycles. The van der Waals surface area contributed by atoms with Crippen LogP contribution >= 0.6 is 0 Å². The molecule has 1 unspecified atom stereocenters. The van der Waals surface area contributed by atoms with Crippen molar-refractivity contribution in [2.75, 3.05) is 0 Å². The molecule has 1 aliphatic rings. The van der Waals surface area contributed by atoms with E-state index in [1.54, 1.807) is 6.92 Å². The first kappa shape index (κ1) is 15.1. The van der Waals surface area contributed by atoms with Gasteiger partial charge in [-0.25, -0.2) is 9.79 Å². The Morgan fingerprint density at radius 3 is 2.62 bits per heavy atom. The largest absolute Gasteiger partial charge is 0.478 e. The van der Waals surface area contributed by atoms with Gasteiger partial charge in [-0.3, -0.25) is 9.78 Å². The topological polar surface area (TPSA) is 112 Å². The minimum atomic E-state index is -1.19. The van der Waals surface area contributed by atoms with Crippen molar-refractivity contribution in [1.29, 1.82) is 0 Å². The second-order valence-corrected chi connectivity index (χ2v) is 5.42. The van der Waals surface area contributed by atoms with Gasteiger partial charge < -0.3 is 15.5 Å². The molecule has 1 aromatic rings. The smallest absolute Gasteiger partial charge is 0.338 e. The van der Waals surface area contributed by atoms with Crippen LogP contribution < -0.4 is 5.32 Å². The zero-order valence-electron chi connectivity index (χ0n) is 12.0. The lowest BCUT2D eigenvalue weighted by atomic mass is 9.89. The van der Waals surface area contributed by atoms with Gasteiger partial charge in [0.1, 0.15) is 11.2 Å².